The van der Waals surface area contributed by atoms with E-state index in [2.05, 4.69) is 10.6 Å². The Kier molecular flexibility index (Phi) is 4.80. The monoisotopic (exact) mass is 290 g/mol. The van der Waals surface area contributed by atoms with Gasteiger partial charge in [-0.2, -0.15) is 0 Å². The number of carbonyl (C=O) groups is 2. The van der Waals surface area contributed by atoms with Crippen LogP contribution in [0.3, 0.4) is 0 Å². The van der Waals surface area contributed by atoms with E-state index in [0.29, 0.717) is 24.5 Å². The Hall–Kier alpha value is -2.08. The molecule has 114 valence electrons. The molecule has 6 heteroatoms. The fourth-order valence-corrected chi connectivity index (χ4v) is 2.50. The van der Waals surface area contributed by atoms with Crippen molar-refractivity contribution in [3.05, 3.63) is 23.8 Å². The van der Waals surface area contributed by atoms with Gasteiger partial charge in [-0.3, -0.25) is 14.5 Å². The number of amides is 2. The number of rotatable bonds is 4. The third-order valence-corrected chi connectivity index (χ3v) is 3.61. The average molecular weight is 290 g/mol. The van der Waals surface area contributed by atoms with E-state index in [0.717, 1.165) is 18.5 Å². The minimum Gasteiger partial charge on any atom is -0.398 e. The molecular formula is C15H22N4O2. The lowest BCUT2D eigenvalue weighted by Gasteiger charge is -2.16. The van der Waals surface area contributed by atoms with Gasteiger partial charge in [-0.15, -0.1) is 0 Å². The first-order chi connectivity index (χ1) is 9.94. The zero-order valence-electron chi connectivity index (χ0n) is 12.5. The molecule has 2 rings (SSSR count). The molecule has 0 bridgehead atoms. The number of nitrogens with two attached hydrogens (primary N) is 1. The Morgan fingerprint density at radius 2 is 2.19 bits per heavy atom. The van der Waals surface area contributed by atoms with Gasteiger partial charge < -0.3 is 16.4 Å². The number of hydrogen-bond donors (Lipinski definition) is 3. The Bertz CT molecular complexity index is 544. The lowest BCUT2D eigenvalue weighted by molar-refractivity contribution is -0.119. The summed E-state index contributed by atoms with van der Waals surface area (Å²) in [6.45, 7) is 5.28. The second-order valence-corrected chi connectivity index (χ2v) is 5.54. The Balaban J connectivity index is 1.82. The average Bonchev–Trinajstić information content (AvgIpc) is 2.80. The van der Waals surface area contributed by atoms with Crippen molar-refractivity contribution in [1.82, 2.24) is 10.2 Å². The molecule has 2 amide bonds. The highest BCUT2D eigenvalue weighted by molar-refractivity contribution is 5.92. The van der Waals surface area contributed by atoms with E-state index in [1.807, 2.05) is 24.0 Å². The third-order valence-electron chi connectivity index (χ3n) is 3.61. The first-order valence-corrected chi connectivity index (χ1v) is 7.09. The number of anilines is 2. The molecule has 0 aliphatic carbocycles. The highest BCUT2D eigenvalue weighted by Gasteiger charge is 2.24. The minimum absolute atomic E-state index is 0.0265. The third kappa shape index (κ3) is 4.46. The van der Waals surface area contributed by atoms with Gasteiger partial charge in [-0.25, -0.2) is 0 Å². The summed E-state index contributed by atoms with van der Waals surface area (Å²) in [5.41, 5.74) is 8.19. The normalized spacial score (nSPS) is 18.5. The van der Waals surface area contributed by atoms with Crippen LogP contribution in [0.5, 0.6) is 0 Å². The Labute approximate surface area is 124 Å². The molecule has 1 aromatic rings. The lowest BCUT2D eigenvalue weighted by atomic mass is 10.2. The number of nitrogens with zero attached hydrogens (tertiary/aromatic N) is 1. The summed E-state index contributed by atoms with van der Waals surface area (Å²) in [5.74, 6) is -0.0943. The molecule has 6 nitrogen and oxygen atoms in total. The standard InChI is InChI=1S/C15H22N4O2/c1-10-3-4-12(7-14(10)16)18-15(21)9-19-6-5-13(8-19)17-11(2)20/h3-4,7,13H,5-6,8-9,16H2,1-2H3,(H,17,20)(H,18,21). The fourth-order valence-electron chi connectivity index (χ4n) is 2.50. The van der Waals surface area contributed by atoms with Crippen molar-refractivity contribution in [2.75, 3.05) is 30.7 Å². The number of nitrogens with one attached hydrogen (secondary N) is 2. The highest BCUT2D eigenvalue weighted by atomic mass is 16.2. The number of likely N-dealkylation sites (tertiary alicyclic amines) is 1. The summed E-state index contributed by atoms with van der Waals surface area (Å²) in [5, 5.41) is 5.72. The van der Waals surface area contributed by atoms with Crippen LogP contribution in [0.2, 0.25) is 0 Å². The number of carbonyl (C=O) groups excluding carboxylic acids is 2. The van der Waals surface area contributed by atoms with E-state index < -0.39 is 0 Å². The van der Waals surface area contributed by atoms with Crippen molar-refractivity contribution in [3.8, 4) is 0 Å². The van der Waals surface area contributed by atoms with E-state index >= 15 is 0 Å². The van der Waals surface area contributed by atoms with Crippen LogP contribution >= 0.6 is 0 Å². The van der Waals surface area contributed by atoms with Crippen LogP contribution < -0.4 is 16.4 Å². The lowest BCUT2D eigenvalue weighted by Crippen LogP contribution is -2.37. The second kappa shape index (κ2) is 6.58. The van der Waals surface area contributed by atoms with Gasteiger partial charge in [0, 0.05) is 37.4 Å². The van der Waals surface area contributed by atoms with E-state index in [1.54, 1.807) is 6.07 Å². The predicted molar refractivity (Wildman–Crippen MR) is 82.9 cm³/mol. The SMILES string of the molecule is CC(=O)NC1CCN(CC(=O)Nc2ccc(C)c(N)c2)C1. The summed E-state index contributed by atoms with van der Waals surface area (Å²) < 4.78 is 0. The van der Waals surface area contributed by atoms with Gasteiger partial charge in [0.1, 0.15) is 0 Å². The number of aryl methyl sites for hydroxylation is 1. The molecule has 0 radical (unpaired) electrons. The summed E-state index contributed by atoms with van der Waals surface area (Å²) >= 11 is 0. The Morgan fingerprint density at radius 1 is 1.43 bits per heavy atom. The molecule has 1 aromatic carbocycles. The summed E-state index contributed by atoms with van der Waals surface area (Å²) in [6, 6.07) is 5.63. The maximum absolute atomic E-state index is 12.0. The fraction of sp³-hybridized carbons (Fsp3) is 0.467. The number of hydrogen-bond acceptors (Lipinski definition) is 4. The first-order valence-electron chi connectivity index (χ1n) is 7.09. The summed E-state index contributed by atoms with van der Waals surface area (Å²) in [6.07, 6.45) is 0.879. The molecule has 1 atom stereocenters. The topological polar surface area (TPSA) is 87.5 Å². The molecule has 1 aliphatic heterocycles. The van der Waals surface area contributed by atoms with E-state index in [-0.39, 0.29) is 17.9 Å². The molecule has 0 saturated carbocycles. The molecule has 1 fully saturated rings. The smallest absolute Gasteiger partial charge is 0.238 e. The zero-order chi connectivity index (χ0) is 15.4. The molecule has 1 heterocycles. The van der Waals surface area contributed by atoms with Crippen LogP contribution in [0.15, 0.2) is 18.2 Å². The molecule has 0 aromatic heterocycles. The molecule has 1 aliphatic rings. The van der Waals surface area contributed by atoms with Crippen molar-refractivity contribution < 1.29 is 9.59 Å². The van der Waals surface area contributed by atoms with Crippen molar-refractivity contribution in [3.63, 3.8) is 0 Å². The van der Waals surface area contributed by atoms with Crippen LogP contribution in [0.1, 0.15) is 18.9 Å². The van der Waals surface area contributed by atoms with E-state index in [1.165, 1.54) is 6.92 Å². The summed E-state index contributed by atoms with van der Waals surface area (Å²) in [7, 11) is 0. The van der Waals surface area contributed by atoms with Gasteiger partial charge in [-0.05, 0) is 31.0 Å². The number of nitrogen functional groups attached to an aromatic ring is 1. The van der Waals surface area contributed by atoms with Crippen molar-refractivity contribution in [2.24, 2.45) is 0 Å². The van der Waals surface area contributed by atoms with Crippen LogP contribution in [0, 0.1) is 6.92 Å². The predicted octanol–water partition coefficient (Wildman–Crippen LogP) is 0.726. The van der Waals surface area contributed by atoms with Crippen LogP contribution in [-0.4, -0.2) is 42.4 Å². The van der Waals surface area contributed by atoms with Gasteiger partial charge >= 0.3 is 0 Å². The maximum Gasteiger partial charge on any atom is 0.238 e. The largest absolute Gasteiger partial charge is 0.398 e. The van der Waals surface area contributed by atoms with Crippen molar-refractivity contribution in [2.45, 2.75) is 26.3 Å². The van der Waals surface area contributed by atoms with E-state index in [9.17, 15) is 9.59 Å². The minimum atomic E-state index is -0.0678. The first kappa shape index (κ1) is 15.3. The van der Waals surface area contributed by atoms with Gasteiger partial charge in [0.25, 0.3) is 0 Å². The second-order valence-electron chi connectivity index (χ2n) is 5.54. The van der Waals surface area contributed by atoms with Gasteiger partial charge in [0.05, 0.1) is 6.54 Å². The zero-order valence-corrected chi connectivity index (χ0v) is 12.5. The van der Waals surface area contributed by atoms with Gasteiger partial charge in [-0.1, -0.05) is 6.07 Å². The number of benzene rings is 1. The van der Waals surface area contributed by atoms with Crippen molar-refractivity contribution >= 4 is 23.2 Å². The van der Waals surface area contributed by atoms with E-state index in [4.69, 9.17) is 5.73 Å². The molecule has 1 saturated heterocycles. The molecule has 1 unspecified atom stereocenters. The quantitative estimate of drug-likeness (QED) is 0.713. The van der Waals surface area contributed by atoms with Gasteiger partial charge in [0.2, 0.25) is 11.8 Å². The summed E-state index contributed by atoms with van der Waals surface area (Å²) in [4.78, 5) is 25.1. The molecular weight excluding hydrogens is 268 g/mol. The van der Waals surface area contributed by atoms with Crippen molar-refractivity contribution in [1.29, 1.82) is 0 Å². The molecule has 4 N–H and O–H groups in total. The van der Waals surface area contributed by atoms with Crippen LogP contribution in [0.25, 0.3) is 0 Å². The molecule has 0 spiro atoms. The Morgan fingerprint density at radius 3 is 2.86 bits per heavy atom. The van der Waals surface area contributed by atoms with Crippen LogP contribution in [0.4, 0.5) is 11.4 Å². The highest BCUT2D eigenvalue weighted by Crippen LogP contribution is 2.17. The van der Waals surface area contributed by atoms with Crippen LogP contribution in [-0.2, 0) is 9.59 Å². The molecule has 21 heavy (non-hydrogen) atoms. The maximum atomic E-state index is 12.0. The van der Waals surface area contributed by atoms with Gasteiger partial charge in [0.15, 0.2) is 0 Å².